The summed E-state index contributed by atoms with van der Waals surface area (Å²) in [6, 6.07) is -0.498. The third-order valence-electron chi connectivity index (χ3n) is 3.19. The molecule has 3 atom stereocenters. The maximum Gasteiger partial charge on any atom is 0.308 e. The van der Waals surface area contributed by atoms with Crippen LogP contribution in [0.1, 0.15) is 13.3 Å². The topological polar surface area (TPSA) is 83.6 Å². The number of carbonyl (C=O) groups excluding carboxylic acids is 1. The summed E-state index contributed by atoms with van der Waals surface area (Å²) in [5, 5.41) is 8.99. The fourth-order valence-electron chi connectivity index (χ4n) is 2.07. The van der Waals surface area contributed by atoms with E-state index in [4.69, 9.17) is 10.8 Å². The quantitative estimate of drug-likeness (QED) is 0.740. The van der Waals surface area contributed by atoms with Crippen LogP contribution in [0.2, 0.25) is 0 Å². The third-order valence-corrected chi connectivity index (χ3v) is 3.84. The SMILES string of the molecule is CSCC[C@@H](N)C(=O)N1CC(C)C(C(=O)O)C1. The van der Waals surface area contributed by atoms with Crippen molar-refractivity contribution in [3.8, 4) is 0 Å². The first kappa shape index (κ1) is 14.3. The zero-order chi connectivity index (χ0) is 13.0. The second-order valence-corrected chi connectivity index (χ2v) is 5.54. The van der Waals surface area contributed by atoms with E-state index in [0.29, 0.717) is 19.5 Å². The van der Waals surface area contributed by atoms with Crippen LogP contribution < -0.4 is 5.73 Å². The highest BCUT2D eigenvalue weighted by molar-refractivity contribution is 7.98. The van der Waals surface area contributed by atoms with E-state index in [1.165, 1.54) is 0 Å². The molecule has 1 aliphatic heterocycles. The first-order valence-electron chi connectivity index (χ1n) is 5.73. The number of nitrogens with zero attached hydrogens (tertiary/aromatic N) is 1. The molecule has 0 aromatic heterocycles. The molecule has 1 rings (SSSR count). The van der Waals surface area contributed by atoms with Crippen molar-refractivity contribution >= 4 is 23.6 Å². The van der Waals surface area contributed by atoms with E-state index >= 15 is 0 Å². The highest BCUT2D eigenvalue weighted by atomic mass is 32.2. The van der Waals surface area contributed by atoms with Gasteiger partial charge < -0.3 is 15.7 Å². The number of carbonyl (C=O) groups is 2. The molecule has 5 nitrogen and oxygen atoms in total. The monoisotopic (exact) mass is 260 g/mol. The van der Waals surface area contributed by atoms with Gasteiger partial charge in [0.25, 0.3) is 0 Å². The van der Waals surface area contributed by atoms with Crippen LogP contribution in [0.3, 0.4) is 0 Å². The Morgan fingerprint density at radius 1 is 1.53 bits per heavy atom. The summed E-state index contributed by atoms with van der Waals surface area (Å²) < 4.78 is 0. The molecule has 0 aliphatic carbocycles. The molecule has 1 heterocycles. The molecule has 6 heteroatoms. The molecule has 1 saturated heterocycles. The summed E-state index contributed by atoms with van der Waals surface area (Å²) in [6.07, 6.45) is 2.61. The van der Waals surface area contributed by atoms with Crippen LogP contribution in [-0.2, 0) is 9.59 Å². The lowest BCUT2D eigenvalue weighted by Gasteiger charge is -2.20. The Balaban J connectivity index is 2.52. The zero-order valence-electron chi connectivity index (χ0n) is 10.3. The van der Waals surface area contributed by atoms with Crippen LogP contribution in [0.5, 0.6) is 0 Å². The summed E-state index contributed by atoms with van der Waals surface area (Å²) in [4.78, 5) is 24.5. The van der Waals surface area contributed by atoms with Gasteiger partial charge in [0.1, 0.15) is 0 Å². The Morgan fingerprint density at radius 2 is 2.18 bits per heavy atom. The summed E-state index contributed by atoms with van der Waals surface area (Å²) in [7, 11) is 0. The Labute approximate surface area is 106 Å². The third kappa shape index (κ3) is 3.61. The number of likely N-dealkylation sites (tertiary alicyclic amines) is 1. The molecular formula is C11H20N2O3S. The van der Waals surface area contributed by atoms with Gasteiger partial charge in [-0.05, 0) is 24.3 Å². The van der Waals surface area contributed by atoms with E-state index in [9.17, 15) is 9.59 Å². The predicted molar refractivity (Wildman–Crippen MR) is 67.8 cm³/mol. The maximum atomic E-state index is 12.0. The van der Waals surface area contributed by atoms with Crippen molar-refractivity contribution < 1.29 is 14.7 Å². The number of hydrogen-bond donors (Lipinski definition) is 2. The minimum absolute atomic E-state index is 0.00389. The maximum absolute atomic E-state index is 12.0. The number of thioether (sulfide) groups is 1. The Kier molecular flexibility index (Phi) is 5.27. The second kappa shape index (κ2) is 6.26. The number of hydrogen-bond acceptors (Lipinski definition) is 4. The summed E-state index contributed by atoms with van der Waals surface area (Å²) in [5.74, 6) is -0.547. The lowest BCUT2D eigenvalue weighted by molar-refractivity contribution is -0.142. The molecule has 0 aromatic rings. The van der Waals surface area contributed by atoms with Gasteiger partial charge in [-0.2, -0.15) is 11.8 Å². The molecule has 1 aliphatic rings. The lowest BCUT2D eigenvalue weighted by Crippen LogP contribution is -2.43. The van der Waals surface area contributed by atoms with Crippen LogP contribution in [0, 0.1) is 11.8 Å². The van der Waals surface area contributed by atoms with Gasteiger partial charge in [-0.3, -0.25) is 9.59 Å². The summed E-state index contributed by atoms with van der Waals surface area (Å²) >= 11 is 1.65. The number of rotatable bonds is 5. The van der Waals surface area contributed by atoms with Crippen molar-refractivity contribution in [3.05, 3.63) is 0 Å². The predicted octanol–water partition coefficient (Wildman–Crippen LogP) is 0.246. The van der Waals surface area contributed by atoms with Gasteiger partial charge in [0.2, 0.25) is 5.91 Å². The average molecular weight is 260 g/mol. The largest absolute Gasteiger partial charge is 0.481 e. The van der Waals surface area contributed by atoms with Gasteiger partial charge >= 0.3 is 5.97 Å². The molecule has 0 bridgehead atoms. The standard InChI is InChI=1S/C11H20N2O3S/c1-7-5-13(6-8(7)11(15)16)10(14)9(12)3-4-17-2/h7-9H,3-6,12H2,1-2H3,(H,15,16)/t7?,8?,9-/m1/s1. The number of carboxylic acid groups (broad SMARTS) is 1. The van der Waals surface area contributed by atoms with Crippen LogP contribution in [0.4, 0.5) is 0 Å². The molecule has 98 valence electrons. The summed E-state index contributed by atoms with van der Waals surface area (Å²) in [6.45, 7) is 2.66. The Hall–Kier alpha value is -0.750. The Morgan fingerprint density at radius 3 is 2.65 bits per heavy atom. The minimum atomic E-state index is -0.828. The molecule has 1 amide bonds. The van der Waals surface area contributed by atoms with Gasteiger partial charge in [0.15, 0.2) is 0 Å². The van der Waals surface area contributed by atoms with Crippen molar-refractivity contribution in [3.63, 3.8) is 0 Å². The number of amides is 1. The van der Waals surface area contributed by atoms with E-state index in [2.05, 4.69) is 0 Å². The average Bonchev–Trinajstić information content (AvgIpc) is 2.67. The van der Waals surface area contributed by atoms with Crippen molar-refractivity contribution in [2.45, 2.75) is 19.4 Å². The number of carboxylic acids is 1. The molecule has 0 aromatic carbocycles. The van der Waals surface area contributed by atoms with Crippen LogP contribution in [-0.4, -0.2) is 53.0 Å². The van der Waals surface area contributed by atoms with Crippen LogP contribution >= 0.6 is 11.8 Å². The fraction of sp³-hybridized carbons (Fsp3) is 0.818. The van der Waals surface area contributed by atoms with Gasteiger partial charge in [-0.1, -0.05) is 6.92 Å². The number of nitrogens with two attached hydrogens (primary N) is 1. The Bertz CT molecular complexity index is 298. The zero-order valence-corrected chi connectivity index (χ0v) is 11.1. The van der Waals surface area contributed by atoms with Crippen molar-refractivity contribution in [2.24, 2.45) is 17.6 Å². The first-order chi connectivity index (χ1) is 7.97. The van der Waals surface area contributed by atoms with Gasteiger partial charge in [-0.15, -0.1) is 0 Å². The minimum Gasteiger partial charge on any atom is -0.481 e. The first-order valence-corrected chi connectivity index (χ1v) is 7.12. The molecule has 0 saturated carbocycles. The van der Waals surface area contributed by atoms with E-state index in [1.54, 1.807) is 16.7 Å². The van der Waals surface area contributed by atoms with Crippen LogP contribution in [0.25, 0.3) is 0 Å². The van der Waals surface area contributed by atoms with Gasteiger partial charge in [0, 0.05) is 13.1 Å². The molecular weight excluding hydrogens is 240 g/mol. The number of aliphatic carboxylic acids is 1. The smallest absolute Gasteiger partial charge is 0.308 e. The molecule has 1 fully saturated rings. The highest BCUT2D eigenvalue weighted by Crippen LogP contribution is 2.23. The molecule has 17 heavy (non-hydrogen) atoms. The summed E-state index contributed by atoms with van der Waals surface area (Å²) in [5.41, 5.74) is 5.80. The molecule has 0 spiro atoms. The molecule has 3 N–H and O–H groups in total. The molecule has 0 radical (unpaired) electrons. The normalized spacial score (nSPS) is 25.9. The van der Waals surface area contributed by atoms with Crippen LogP contribution in [0.15, 0.2) is 0 Å². The van der Waals surface area contributed by atoms with Crippen molar-refractivity contribution in [2.75, 3.05) is 25.1 Å². The fourth-order valence-corrected chi connectivity index (χ4v) is 2.56. The van der Waals surface area contributed by atoms with Gasteiger partial charge in [0.05, 0.1) is 12.0 Å². The van der Waals surface area contributed by atoms with E-state index in [1.807, 2.05) is 13.2 Å². The molecule has 2 unspecified atom stereocenters. The van der Waals surface area contributed by atoms with Crippen molar-refractivity contribution in [1.82, 2.24) is 4.90 Å². The van der Waals surface area contributed by atoms with E-state index in [0.717, 1.165) is 5.75 Å². The van der Waals surface area contributed by atoms with Gasteiger partial charge in [-0.25, -0.2) is 0 Å². The highest BCUT2D eigenvalue weighted by Gasteiger charge is 2.37. The van der Waals surface area contributed by atoms with E-state index < -0.39 is 17.9 Å². The van der Waals surface area contributed by atoms with Crippen molar-refractivity contribution in [1.29, 1.82) is 0 Å². The van der Waals surface area contributed by atoms with E-state index in [-0.39, 0.29) is 11.8 Å². The second-order valence-electron chi connectivity index (χ2n) is 4.55. The lowest BCUT2D eigenvalue weighted by atomic mass is 9.99.